The Bertz CT molecular complexity index is 609. The van der Waals surface area contributed by atoms with Gasteiger partial charge in [-0.05, 0) is 41.1 Å². The summed E-state index contributed by atoms with van der Waals surface area (Å²) in [7, 11) is -3.94. The van der Waals surface area contributed by atoms with Gasteiger partial charge in [0.05, 0.1) is 0 Å². The van der Waals surface area contributed by atoms with E-state index in [1.54, 1.807) is 0 Å². The van der Waals surface area contributed by atoms with E-state index in [9.17, 15) is 13.2 Å². The van der Waals surface area contributed by atoms with Gasteiger partial charge in [0.15, 0.2) is 4.67 Å². The van der Waals surface area contributed by atoms with Gasteiger partial charge in [-0.25, -0.2) is 18.4 Å². The lowest BCUT2D eigenvalue weighted by Gasteiger charge is -2.26. The molecule has 2 N–H and O–H groups in total. The van der Waals surface area contributed by atoms with Gasteiger partial charge in [0.2, 0.25) is 15.8 Å². The molecule has 1 aliphatic rings. The quantitative estimate of drug-likeness (QED) is 0.829. The van der Waals surface area contributed by atoms with Crippen LogP contribution in [0.4, 0.5) is 0 Å². The van der Waals surface area contributed by atoms with Crippen LogP contribution in [0.5, 0.6) is 0 Å². The molecule has 6 nitrogen and oxygen atoms in total. The fraction of sp³-hybridized carbons (Fsp3) is 0.583. The van der Waals surface area contributed by atoms with E-state index in [-0.39, 0.29) is 21.4 Å². The second kappa shape index (κ2) is 5.87. The first-order valence-corrected chi connectivity index (χ1v) is 8.64. The van der Waals surface area contributed by atoms with Crippen molar-refractivity contribution in [1.29, 1.82) is 0 Å². The van der Waals surface area contributed by atoms with E-state index in [0.717, 1.165) is 31.7 Å². The van der Waals surface area contributed by atoms with Crippen molar-refractivity contribution >= 4 is 31.9 Å². The molecule has 112 valence electrons. The highest BCUT2D eigenvalue weighted by atomic mass is 79.9. The van der Waals surface area contributed by atoms with E-state index >= 15 is 0 Å². The van der Waals surface area contributed by atoms with E-state index in [1.165, 1.54) is 0 Å². The fourth-order valence-electron chi connectivity index (χ4n) is 2.34. The molecule has 1 aromatic rings. The van der Waals surface area contributed by atoms with E-state index < -0.39 is 16.0 Å². The lowest BCUT2D eigenvalue weighted by molar-refractivity contribution is 0.0121. The number of halogens is 1. The number of furan rings is 1. The summed E-state index contributed by atoms with van der Waals surface area (Å²) in [6.07, 6.45) is 3.64. The Morgan fingerprint density at radius 2 is 2.20 bits per heavy atom. The first-order valence-electron chi connectivity index (χ1n) is 6.30. The van der Waals surface area contributed by atoms with E-state index in [4.69, 9.17) is 14.3 Å². The summed E-state index contributed by atoms with van der Waals surface area (Å²) in [5.41, 5.74) is 0. The molecule has 0 amide bonds. The minimum Gasteiger partial charge on any atom is -0.457 e. The number of sulfonamides is 1. The number of carbonyl (C=O) groups excluding carboxylic acids is 1. The first kappa shape index (κ1) is 15.5. The van der Waals surface area contributed by atoms with Crippen LogP contribution in [0.2, 0.25) is 0 Å². The maximum absolute atomic E-state index is 11.9. The summed E-state index contributed by atoms with van der Waals surface area (Å²) < 4.78 is 32.8. The molecule has 2 atom stereocenters. The van der Waals surface area contributed by atoms with Gasteiger partial charge < -0.3 is 9.15 Å². The lowest BCUT2D eigenvalue weighted by atomic mass is 9.89. The predicted molar refractivity (Wildman–Crippen MR) is 74.6 cm³/mol. The van der Waals surface area contributed by atoms with Gasteiger partial charge in [-0.3, -0.25) is 0 Å². The number of hydrogen-bond acceptors (Lipinski definition) is 5. The van der Waals surface area contributed by atoms with Crippen molar-refractivity contribution in [3.8, 4) is 0 Å². The summed E-state index contributed by atoms with van der Waals surface area (Å²) in [4.78, 5) is 11.7. The first-order chi connectivity index (χ1) is 9.27. The summed E-state index contributed by atoms with van der Waals surface area (Å²) in [6, 6.07) is 1.08. The number of nitrogens with two attached hydrogens (primary N) is 1. The van der Waals surface area contributed by atoms with Crippen molar-refractivity contribution in [2.75, 3.05) is 0 Å². The van der Waals surface area contributed by atoms with Crippen LogP contribution in [0.15, 0.2) is 20.0 Å². The van der Waals surface area contributed by atoms with E-state index in [1.807, 2.05) is 0 Å². The van der Waals surface area contributed by atoms with Gasteiger partial charge in [0.25, 0.3) is 0 Å². The molecule has 1 saturated carbocycles. The van der Waals surface area contributed by atoms with Crippen molar-refractivity contribution in [3.63, 3.8) is 0 Å². The largest absolute Gasteiger partial charge is 0.457 e. The van der Waals surface area contributed by atoms with Crippen LogP contribution in [0.3, 0.4) is 0 Å². The molecule has 0 bridgehead atoms. The van der Waals surface area contributed by atoms with E-state index in [2.05, 4.69) is 22.9 Å². The highest BCUT2D eigenvalue weighted by molar-refractivity contribution is 9.10. The maximum Gasteiger partial charge on any atom is 0.374 e. The van der Waals surface area contributed by atoms with Crippen LogP contribution in [-0.4, -0.2) is 20.5 Å². The average Bonchev–Trinajstić information content (AvgIpc) is 2.71. The van der Waals surface area contributed by atoms with Gasteiger partial charge >= 0.3 is 5.97 Å². The highest BCUT2D eigenvalue weighted by Crippen LogP contribution is 2.29. The molecule has 20 heavy (non-hydrogen) atoms. The Kier molecular flexibility index (Phi) is 4.55. The molecule has 2 rings (SSSR count). The summed E-state index contributed by atoms with van der Waals surface area (Å²) in [5.74, 6) is -0.316. The third-order valence-electron chi connectivity index (χ3n) is 3.33. The SMILES string of the molecule is CC1CCCC(OC(=O)c2cc(S(N)(=O)=O)c(Br)o2)C1. The van der Waals surface area contributed by atoms with Crippen molar-refractivity contribution in [2.24, 2.45) is 11.1 Å². The van der Waals surface area contributed by atoms with Crippen LogP contribution in [0, 0.1) is 5.92 Å². The maximum atomic E-state index is 11.9. The fourth-order valence-corrected chi connectivity index (χ4v) is 3.84. The number of rotatable bonds is 3. The smallest absolute Gasteiger partial charge is 0.374 e. The molecule has 2 unspecified atom stereocenters. The average molecular weight is 366 g/mol. The van der Waals surface area contributed by atoms with Crippen LogP contribution in [0.25, 0.3) is 0 Å². The van der Waals surface area contributed by atoms with Crippen LogP contribution >= 0.6 is 15.9 Å². The minimum atomic E-state index is -3.94. The monoisotopic (exact) mass is 365 g/mol. The molecule has 1 heterocycles. The third kappa shape index (κ3) is 3.62. The standard InChI is InChI=1S/C12H16BrNO5S/c1-7-3-2-4-8(5-7)18-12(15)9-6-10(11(13)19-9)20(14,16)17/h6-8H,2-5H2,1H3,(H2,14,16,17). The van der Waals surface area contributed by atoms with Gasteiger partial charge in [-0.15, -0.1) is 0 Å². The zero-order valence-electron chi connectivity index (χ0n) is 11.0. The molecule has 1 fully saturated rings. The second-order valence-corrected chi connectivity index (χ2v) is 7.34. The van der Waals surface area contributed by atoms with Crippen molar-refractivity contribution < 1.29 is 22.4 Å². The minimum absolute atomic E-state index is 0.0936. The summed E-state index contributed by atoms with van der Waals surface area (Å²) >= 11 is 2.92. The Labute approximate surface area is 125 Å². The lowest BCUT2D eigenvalue weighted by Crippen LogP contribution is -2.24. The van der Waals surface area contributed by atoms with E-state index in [0.29, 0.717) is 5.92 Å². The molecular weight excluding hydrogens is 350 g/mol. The predicted octanol–water partition coefficient (Wildman–Crippen LogP) is 2.43. The normalized spacial score (nSPS) is 23.6. The molecule has 1 aliphatic carbocycles. The number of primary sulfonamides is 1. The van der Waals surface area contributed by atoms with Crippen molar-refractivity contribution in [1.82, 2.24) is 0 Å². The Balaban J connectivity index is 2.10. The third-order valence-corrected chi connectivity index (χ3v) is 5.09. The summed E-state index contributed by atoms with van der Waals surface area (Å²) in [5, 5.41) is 5.00. The summed E-state index contributed by atoms with van der Waals surface area (Å²) in [6.45, 7) is 2.11. The Hall–Kier alpha value is -0.860. The van der Waals surface area contributed by atoms with Crippen molar-refractivity contribution in [2.45, 2.75) is 43.6 Å². The number of hydrogen-bond donors (Lipinski definition) is 1. The van der Waals surface area contributed by atoms with Crippen LogP contribution in [0.1, 0.15) is 43.2 Å². The molecule has 0 aliphatic heterocycles. The topological polar surface area (TPSA) is 99.6 Å². The molecule has 1 aromatic heterocycles. The zero-order valence-corrected chi connectivity index (χ0v) is 13.4. The second-order valence-electron chi connectivity index (χ2n) is 5.09. The highest BCUT2D eigenvalue weighted by Gasteiger charge is 2.27. The molecule has 8 heteroatoms. The number of carbonyl (C=O) groups is 1. The van der Waals surface area contributed by atoms with Gasteiger partial charge in [-0.2, -0.15) is 0 Å². The van der Waals surface area contributed by atoms with Crippen molar-refractivity contribution in [3.05, 3.63) is 16.5 Å². The van der Waals surface area contributed by atoms with Gasteiger partial charge in [-0.1, -0.05) is 13.3 Å². The van der Waals surface area contributed by atoms with Crippen LogP contribution in [-0.2, 0) is 14.8 Å². The van der Waals surface area contributed by atoms with Gasteiger partial charge in [0.1, 0.15) is 11.0 Å². The molecule has 0 aromatic carbocycles. The number of esters is 1. The molecule has 0 spiro atoms. The Morgan fingerprint density at radius 3 is 2.75 bits per heavy atom. The Morgan fingerprint density at radius 1 is 1.50 bits per heavy atom. The molecule has 0 saturated heterocycles. The van der Waals surface area contributed by atoms with Gasteiger partial charge in [0, 0.05) is 6.07 Å². The number of ether oxygens (including phenoxy) is 1. The zero-order chi connectivity index (χ0) is 14.9. The molecule has 0 radical (unpaired) electrons. The molecular formula is C12H16BrNO5S. The van der Waals surface area contributed by atoms with Crippen LogP contribution < -0.4 is 5.14 Å².